The molecule has 1 saturated heterocycles. The predicted molar refractivity (Wildman–Crippen MR) is 57.2 cm³/mol. The molecule has 0 aromatic heterocycles. The topological polar surface area (TPSA) is 47.3 Å². The van der Waals surface area contributed by atoms with E-state index >= 15 is 0 Å². The number of hydrogen-bond acceptors (Lipinski definition) is 3. The molecule has 1 aliphatic heterocycles. The standard InChI is InChI=1S/C11H16N2O/c1-8-6-9(12)2-3-10(8)11-7-14-5-4-13-11/h2-3,6,11,13H,4-5,7,12H2,1H3. The molecule has 0 bridgehead atoms. The average Bonchev–Trinajstić information content (AvgIpc) is 2.19. The fraction of sp³-hybridized carbons (Fsp3) is 0.455. The average molecular weight is 192 g/mol. The minimum absolute atomic E-state index is 0.323. The molecular formula is C11H16N2O. The molecule has 1 aliphatic rings. The van der Waals surface area contributed by atoms with Crippen molar-refractivity contribution in [3.05, 3.63) is 29.3 Å². The molecule has 2 rings (SSSR count). The fourth-order valence-electron chi connectivity index (χ4n) is 1.86. The number of nitrogen functional groups attached to an aromatic ring is 1. The summed E-state index contributed by atoms with van der Waals surface area (Å²) in [6, 6.07) is 6.35. The highest BCUT2D eigenvalue weighted by Gasteiger charge is 2.16. The SMILES string of the molecule is Cc1cc(N)ccc1C1COCCN1. The van der Waals surface area contributed by atoms with E-state index in [-0.39, 0.29) is 0 Å². The van der Waals surface area contributed by atoms with Crippen LogP contribution in [-0.4, -0.2) is 19.8 Å². The van der Waals surface area contributed by atoms with Crippen molar-refractivity contribution >= 4 is 5.69 Å². The predicted octanol–water partition coefficient (Wildman–Crippen LogP) is 1.24. The van der Waals surface area contributed by atoms with Gasteiger partial charge in [0.05, 0.1) is 19.3 Å². The number of nitrogens with one attached hydrogen (secondary N) is 1. The first kappa shape index (κ1) is 9.49. The molecule has 0 amide bonds. The van der Waals surface area contributed by atoms with E-state index in [2.05, 4.69) is 18.3 Å². The van der Waals surface area contributed by atoms with Crippen LogP contribution in [0.2, 0.25) is 0 Å². The van der Waals surface area contributed by atoms with Crippen LogP contribution in [0.15, 0.2) is 18.2 Å². The van der Waals surface area contributed by atoms with Crippen LogP contribution in [0, 0.1) is 6.92 Å². The highest BCUT2D eigenvalue weighted by Crippen LogP contribution is 2.21. The third kappa shape index (κ3) is 1.89. The van der Waals surface area contributed by atoms with Gasteiger partial charge in [0.2, 0.25) is 0 Å². The van der Waals surface area contributed by atoms with Crippen LogP contribution in [0.4, 0.5) is 5.69 Å². The van der Waals surface area contributed by atoms with Crippen molar-refractivity contribution in [2.24, 2.45) is 0 Å². The van der Waals surface area contributed by atoms with E-state index in [0.717, 1.165) is 25.4 Å². The van der Waals surface area contributed by atoms with Crippen LogP contribution in [0.25, 0.3) is 0 Å². The Morgan fingerprint density at radius 3 is 3.00 bits per heavy atom. The summed E-state index contributed by atoms with van der Waals surface area (Å²) in [5.74, 6) is 0. The van der Waals surface area contributed by atoms with Crippen LogP contribution in [-0.2, 0) is 4.74 Å². The zero-order valence-corrected chi connectivity index (χ0v) is 8.42. The lowest BCUT2D eigenvalue weighted by atomic mass is 10.0. The second-order valence-corrected chi connectivity index (χ2v) is 3.70. The highest BCUT2D eigenvalue weighted by atomic mass is 16.5. The van der Waals surface area contributed by atoms with Crippen molar-refractivity contribution in [1.82, 2.24) is 5.32 Å². The Morgan fingerprint density at radius 2 is 2.36 bits per heavy atom. The number of anilines is 1. The first-order valence-electron chi connectivity index (χ1n) is 4.94. The smallest absolute Gasteiger partial charge is 0.0662 e. The molecule has 3 N–H and O–H groups in total. The van der Waals surface area contributed by atoms with Crippen LogP contribution in [0.3, 0.4) is 0 Å². The monoisotopic (exact) mass is 192 g/mol. The molecular weight excluding hydrogens is 176 g/mol. The van der Waals surface area contributed by atoms with Gasteiger partial charge < -0.3 is 15.8 Å². The van der Waals surface area contributed by atoms with Gasteiger partial charge in [-0.15, -0.1) is 0 Å². The normalized spacial score (nSPS) is 22.2. The third-order valence-electron chi connectivity index (χ3n) is 2.59. The third-order valence-corrected chi connectivity index (χ3v) is 2.59. The van der Waals surface area contributed by atoms with E-state index in [9.17, 15) is 0 Å². The van der Waals surface area contributed by atoms with Crippen molar-refractivity contribution < 1.29 is 4.74 Å². The summed E-state index contributed by atoms with van der Waals surface area (Å²) in [4.78, 5) is 0. The van der Waals surface area contributed by atoms with Gasteiger partial charge in [0.25, 0.3) is 0 Å². The lowest BCUT2D eigenvalue weighted by Gasteiger charge is -2.25. The van der Waals surface area contributed by atoms with Crippen LogP contribution in [0.1, 0.15) is 17.2 Å². The van der Waals surface area contributed by atoms with E-state index < -0.39 is 0 Å². The Hall–Kier alpha value is -1.06. The summed E-state index contributed by atoms with van der Waals surface area (Å²) < 4.78 is 5.43. The highest BCUT2D eigenvalue weighted by molar-refractivity contribution is 5.45. The maximum absolute atomic E-state index is 5.71. The van der Waals surface area contributed by atoms with Crippen LogP contribution >= 0.6 is 0 Å². The molecule has 0 aliphatic carbocycles. The quantitative estimate of drug-likeness (QED) is 0.658. The minimum atomic E-state index is 0.323. The van der Waals surface area contributed by atoms with Crippen molar-refractivity contribution in [3.63, 3.8) is 0 Å². The van der Waals surface area contributed by atoms with Gasteiger partial charge in [-0.2, -0.15) is 0 Å². The van der Waals surface area contributed by atoms with Gasteiger partial charge in [0.15, 0.2) is 0 Å². The van der Waals surface area contributed by atoms with E-state index in [0.29, 0.717) is 6.04 Å². The maximum Gasteiger partial charge on any atom is 0.0662 e. The molecule has 14 heavy (non-hydrogen) atoms. The molecule has 3 nitrogen and oxygen atoms in total. The summed E-state index contributed by atoms with van der Waals surface area (Å²) in [5.41, 5.74) is 9.05. The minimum Gasteiger partial charge on any atom is -0.399 e. The second-order valence-electron chi connectivity index (χ2n) is 3.70. The Bertz CT molecular complexity index is 319. The van der Waals surface area contributed by atoms with Crippen molar-refractivity contribution in [1.29, 1.82) is 0 Å². The molecule has 1 atom stereocenters. The van der Waals surface area contributed by atoms with Crippen molar-refractivity contribution in [3.8, 4) is 0 Å². The lowest BCUT2D eigenvalue weighted by Crippen LogP contribution is -2.34. The summed E-state index contributed by atoms with van der Waals surface area (Å²) in [6.07, 6.45) is 0. The van der Waals surface area contributed by atoms with Crippen LogP contribution < -0.4 is 11.1 Å². The summed E-state index contributed by atoms with van der Waals surface area (Å²) in [6.45, 7) is 4.58. The van der Waals surface area contributed by atoms with Gasteiger partial charge in [-0.05, 0) is 30.2 Å². The number of ether oxygens (including phenoxy) is 1. The van der Waals surface area contributed by atoms with Gasteiger partial charge in [0.1, 0.15) is 0 Å². The molecule has 3 heteroatoms. The Balaban J connectivity index is 2.22. The first-order valence-corrected chi connectivity index (χ1v) is 4.94. The summed E-state index contributed by atoms with van der Waals surface area (Å²) in [7, 11) is 0. The van der Waals surface area contributed by atoms with E-state index in [4.69, 9.17) is 10.5 Å². The molecule has 1 aromatic rings. The largest absolute Gasteiger partial charge is 0.399 e. The van der Waals surface area contributed by atoms with Gasteiger partial charge in [-0.3, -0.25) is 0 Å². The Morgan fingerprint density at radius 1 is 1.50 bits per heavy atom. The molecule has 0 saturated carbocycles. The molecule has 1 fully saturated rings. The molecule has 0 radical (unpaired) electrons. The van der Waals surface area contributed by atoms with Crippen molar-refractivity contribution in [2.75, 3.05) is 25.5 Å². The lowest BCUT2D eigenvalue weighted by molar-refractivity contribution is 0.0767. The van der Waals surface area contributed by atoms with E-state index in [1.807, 2.05) is 12.1 Å². The molecule has 1 unspecified atom stereocenters. The molecule has 76 valence electrons. The summed E-state index contributed by atoms with van der Waals surface area (Å²) >= 11 is 0. The van der Waals surface area contributed by atoms with Crippen molar-refractivity contribution in [2.45, 2.75) is 13.0 Å². The number of morpholine rings is 1. The van der Waals surface area contributed by atoms with E-state index in [1.54, 1.807) is 0 Å². The van der Waals surface area contributed by atoms with Crippen LogP contribution in [0.5, 0.6) is 0 Å². The number of benzene rings is 1. The number of rotatable bonds is 1. The van der Waals surface area contributed by atoms with Gasteiger partial charge in [-0.1, -0.05) is 6.07 Å². The number of nitrogens with two attached hydrogens (primary N) is 1. The zero-order chi connectivity index (χ0) is 9.97. The van der Waals surface area contributed by atoms with Gasteiger partial charge in [-0.25, -0.2) is 0 Å². The number of hydrogen-bond donors (Lipinski definition) is 2. The van der Waals surface area contributed by atoms with Gasteiger partial charge in [0, 0.05) is 12.2 Å². The van der Waals surface area contributed by atoms with E-state index in [1.165, 1.54) is 11.1 Å². The molecule has 1 heterocycles. The molecule has 1 aromatic carbocycles. The first-order chi connectivity index (χ1) is 6.77. The maximum atomic E-state index is 5.71. The molecule has 0 spiro atoms. The van der Waals surface area contributed by atoms with Gasteiger partial charge >= 0.3 is 0 Å². The zero-order valence-electron chi connectivity index (χ0n) is 8.42. The Labute approximate surface area is 84.3 Å². The Kier molecular flexibility index (Phi) is 2.70. The second kappa shape index (κ2) is 3.98. The fourth-order valence-corrected chi connectivity index (χ4v) is 1.86. The number of aryl methyl sites for hydroxylation is 1. The summed E-state index contributed by atoms with van der Waals surface area (Å²) in [5, 5.41) is 3.43.